The zero-order chi connectivity index (χ0) is 18.2. The van der Waals surface area contributed by atoms with Crippen LogP contribution in [-0.4, -0.2) is 28.0 Å². The highest BCUT2D eigenvalue weighted by atomic mass is 35.5. The van der Waals surface area contributed by atoms with Crippen molar-refractivity contribution in [3.05, 3.63) is 58.5 Å². The van der Waals surface area contributed by atoms with Gasteiger partial charge < -0.3 is 0 Å². The Hall–Kier alpha value is -2.32. The average Bonchev–Trinajstić information content (AvgIpc) is 3.05. The fraction of sp³-hybridized carbons (Fsp3) is 0.250. The summed E-state index contributed by atoms with van der Waals surface area (Å²) < 4.78 is 31.0. The molecule has 3 rings (SSSR count). The van der Waals surface area contributed by atoms with Crippen LogP contribution in [-0.2, 0) is 23.6 Å². The van der Waals surface area contributed by atoms with E-state index in [9.17, 15) is 8.42 Å². The molecule has 0 radical (unpaired) electrons. The highest BCUT2D eigenvalue weighted by molar-refractivity contribution is 7.92. The molecule has 2 heterocycles. The van der Waals surface area contributed by atoms with Crippen molar-refractivity contribution in [2.24, 2.45) is 7.05 Å². The van der Waals surface area contributed by atoms with Crippen LogP contribution in [0.25, 0.3) is 0 Å². The van der Waals surface area contributed by atoms with Gasteiger partial charge in [-0.1, -0.05) is 29.8 Å². The first kappa shape index (κ1) is 17.5. The molecule has 0 saturated heterocycles. The van der Waals surface area contributed by atoms with Gasteiger partial charge in [-0.05, 0) is 25.5 Å². The highest BCUT2D eigenvalue weighted by Gasteiger charge is 2.24. The first-order valence-corrected chi connectivity index (χ1v) is 9.44. The van der Waals surface area contributed by atoms with E-state index >= 15 is 0 Å². The fourth-order valence-corrected chi connectivity index (χ4v) is 4.27. The monoisotopic (exact) mass is 379 g/mol. The first-order chi connectivity index (χ1) is 11.8. The summed E-state index contributed by atoms with van der Waals surface area (Å²) in [6, 6.07) is 9.05. The third-order valence-corrected chi connectivity index (χ3v) is 5.86. The number of nitrogens with zero attached hydrogens (tertiary/aromatic N) is 4. The Bertz CT molecular complexity index is 1020. The molecule has 2 aromatic heterocycles. The fourth-order valence-electron chi connectivity index (χ4n) is 2.64. The maximum absolute atomic E-state index is 12.6. The second-order valence-electron chi connectivity index (χ2n) is 5.72. The lowest BCUT2D eigenvalue weighted by Gasteiger charge is -2.06. The molecule has 0 aliphatic carbocycles. The van der Waals surface area contributed by atoms with Gasteiger partial charge >= 0.3 is 0 Å². The summed E-state index contributed by atoms with van der Waals surface area (Å²) in [5.41, 5.74) is 1.92. The minimum atomic E-state index is -3.76. The van der Waals surface area contributed by atoms with Gasteiger partial charge in [0, 0.05) is 24.3 Å². The molecule has 0 spiro atoms. The van der Waals surface area contributed by atoms with E-state index in [0.717, 1.165) is 5.56 Å². The molecule has 25 heavy (non-hydrogen) atoms. The molecule has 0 unspecified atom stereocenters. The van der Waals surface area contributed by atoms with Crippen molar-refractivity contribution in [2.45, 2.75) is 25.3 Å². The Morgan fingerprint density at radius 1 is 1.16 bits per heavy atom. The van der Waals surface area contributed by atoms with Gasteiger partial charge in [-0.2, -0.15) is 10.2 Å². The zero-order valence-electron chi connectivity index (χ0n) is 14.1. The predicted molar refractivity (Wildman–Crippen MR) is 96.3 cm³/mol. The molecule has 9 heteroatoms. The molecule has 0 fully saturated rings. The van der Waals surface area contributed by atoms with E-state index in [-0.39, 0.29) is 10.7 Å². The summed E-state index contributed by atoms with van der Waals surface area (Å²) in [5, 5.41) is 9.05. The summed E-state index contributed by atoms with van der Waals surface area (Å²) >= 11 is 6.14. The Labute approximate surface area is 151 Å². The van der Waals surface area contributed by atoms with Gasteiger partial charge in [0.15, 0.2) is 5.82 Å². The van der Waals surface area contributed by atoms with Gasteiger partial charge in [0.05, 0.1) is 17.9 Å². The molecule has 1 N–H and O–H groups in total. The Balaban J connectivity index is 1.82. The summed E-state index contributed by atoms with van der Waals surface area (Å²) in [4.78, 5) is 0.177. The molecule has 7 nitrogen and oxygen atoms in total. The number of aryl methyl sites for hydroxylation is 2. The number of hydrogen-bond acceptors (Lipinski definition) is 4. The Morgan fingerprint density at radius 2 is 1.88 bits per heavy atom. The smallest absolute Gasteiger partial charge is 0.266 e. The van der Waals surface area contributed by atoms with Gasteiger partial charge in [0.1, 0.15) is 4.90 Å². The second kappa shape index (κ2) is 6.53. The molecule has 0 atom stereocenters. The number of benzene rings is 1. The van der Waals surface area contributed by atoms with Crippen molar-refractivity contribution in [1.29, 1.82) is 0 Å². The molecule has 3 aromatic rings. The minimum Gasteiger partial charge on any atom is -0.271 e. The molecular formula is C16H18ClN5O2S. The first-order valence-electron chi connectivity index (χ1n) is 7.58. The lowest BCUT2D eigenvalue weighted by atomic mass is 10.2. The van der Waals surface area contributed by atoms with Crippen molar-refractivity contribution in [3.63, 3.8) is 0 Å². The third-order valence-electron chi connectivity index (χ3n) is 3.88. The average molecular weight is 380 g/mol. The van der Waals surface area contributed by atoms with E-state index < -0.39 is 10.0 Å². The van der Waals surface area contributed by atoms with E-state index in [1.165, 1.54) is 0 Å². The topological polar surface area (TPSA) is 81.8 Å². The third kappa shape index (κ3) is 3.54. The van der Waals surface area contributed by atoms with E-state index in [1.807, 2.05) is 18.2 Å². The molecule has 0 amide bonds. The van der Waals surface area contributed by atoms with Crippen molar-refractivity contribution < 1.29 is 8.42 Å². The van der Waals surface area contributed by atoms with Crippen LogP contribution in [0.4, 0.5) is 5.82 Å². The molecule has 132 valence electrons. The zero-order valence-corrected chi connectivity index (χ0v) is 15.6. The van der Waals surface area contributed by atoms with Crippen LogP contribution in [0.15, 0.2) is 41.4 Å². The maximum Gasteiger partial charge on any atom is 0.266 e. The minimum absolute atomic E-state index is 0.177. The van der Waals surface area contributed by atoms with E-state index in [4.69, 9.17) is 11.6 Å². The highest BCUT2D eigenvalue weighted by Crippen LogP contribution is 2.22. The van der Waals surface area contributed by atoms with Crippen LogP contribution < -0.4 is 4.72 Å². The van der Waals surface area contributed by atoms with E-state index in [1.54, 1.807) is 48.6 Å². The van der Waals surface area contributed by atoms with Gasteiger partial charge in [-0.25, -0.2) is 8.42 Å². The van der Waals surface area contributed by atoms with Crippen LogP contribution >= 0.6 is 11.6 Å². The van der Waals surface area contributed by atoms with Crippen LogP contribution in [0, 0.1) is 13.8 Å². The Morgan fingerprint density at radius 3 is 2.52 bits per heavy atom. The molecule has 0 saturated carbocycles. The van der Waals surface area contributed by atoms with Crippen LogP contribution in [0.1, 0.15) is 17.0 Å². The Kier molecular flexibility index (Phi) is 4.57. The number of rotatable bonds is 5. The SMILES string of the molecule is Cc1nn(C)c(C)c1S(=O)(=O)Nc1ccn(Cc2ccccc2Cl)n1. The maximum atomic E-state index is 12.6. The quantitative estimate of drug-likeness (QED) is 0.739. The van der Waals surface area contributed by atoms with E-state index in [2.05, 4.69) is 14.9 Å². The molecule has 0 aliphatic rings. The van der Waals surface area contributed by atoms with E-state index in [0.29, 0.717) is 23.0 Å². The summed E-state index contributed by atoms with van der Waals surface area (Å²) in [7, 11) is -2.05. The molecule has 0 aliphatic heterocycles. The molecule has 1 aromatic carbocycles. The molecule has 0 bridgehead atoms. The summed E-state index contributed by atoms with van der Waals surface area (Å²) in [6.45, 7) is 3.83. The van der Waals surface area contributed by atoms with Gasteiger partial charge in [-0.15, -0.1) is 0 Å². The van der Waals surface area contributed by atoms with Crippen molar-refractivity contribution in [3.8, 4) is 0 Å². The lowest BCUT2D eigenvalue weighted by molar-refractivity contribution is 0.599. The normalized spacial score (nSPS) is 11.7. The number of aromatic nitrogens is 4. The van der Waals surface area contributed by atoms with Crippen LogP contribution in [0.5, 0.6) is 0 Å². The number of halogens is 1. The number of anilines is 1. The van der Waals surface area contributed by atoms with Crippen molar-refractivity contribution in [2.75, 3.05) is 4.72 Å². The van der Waals surface area contributed by atoms with Crippen molar-refractivity contribution in [1.82, 2.24) is 19.6 Å². The number of nitrogens with one attached hydrogen (secondary N) is 1. The second-order valence-corrected chi connectivity index (χ2v) is 7.75. The largest absolute Gasteiger partial charge is 0.271 e. The van der Waals surface area contributed by atoms with Crippen LogP contribution in [0.2, 0.25) is 5.02 Å². The van der Waals surface area contributed by atoms with Gasteiger partial charge in [0.2, 0.25) is 0 Å². The lowest BCUT2D eigenvalue weighted by Crippen LogP contribution is -2.15. The summed E-state index contributed by atoms with van der Waals surface area (Å²) in [6.07, 6.45) is 1.70. The standard InChI is InChI=1S/C16H18ClN5O2S/c1-11-16(12(2)21(3)18-11)25(23,24)20-15-8-9-22(19-15)10-13-6-4-5-7-14(13)17/h4-9H,10H2,1-3H3,(H,19,20). The van der Waals surface area contributed by atoms with Gasteiger partial charge in [0.25, 0.3) is 10.0 Å². The van der Waals surface area contributed by atoms with Gasteiger partial charge in [-0.3, -0.25) is 14.1 Å². The predicted octanol–water partition coefficient (Wildman–Crippen LogP) is 2.74. The number of hydrogen-bond donors (Lipinski definition) is 1. The van der Waals surface area contributed by atoms with Crippen molar-refractivity contribution >= 4 is 27.4 Å². The number of sulfonamides is 1. The summed E-state index contributed by atoms with van der Waals surface area (Å²) in [5.74, 6) is 0.245. The van der Waals surface area contributed by atoms with Crippen LogP contribution in [0.3, 0.4) is 0 Å². The molecular weight excluding hydrogens is 362 g/mol.